The van der Waals surface area contributed by atoms with Crippen LogP contribution < -0.4 is 15.5 Å². The van der Waals surface area contributed by atoms with Gasteiger partial charge in [0.05, 0.1) is 12.6 Å². The molecule has 2 rings (SSSR count). The van der Waals surface area contributed by atoms with Gasteiger partial charge in [0.1, 0.15) is 5.92 Å². The summed E-state index contributed by atoms with van der Waals surface area (Å²) >= 11 is 4.83. The highest BCUT2D eigenvalue weighted by Crippen LogP contribution is 2.43. The second kappa shape index (κ2) is 7.28. The normalized spacial score (nSPS) is 25.9. The highest BCUT2D eigenvalue weighted by Gasteiger charge is 2.66. The van der Waals surface area contributed by atoms with Gasteiger partial charge in [0.25, 0.3) is 5.72 Å². The molecule has 0 unspecified atom stereocenters. The number of benzene rings is 1. The van der Waals surface area contributed by atoms with Crippen molar-refractivity contribution in [1.82, 2.24) is 10.6 Å². The van der Waals surface area contributed by atoms with Crippen molar-refractivity contribution in [3.8, 4) is 0 Å². The Morgan fingerprint density at radius 3 is 2.38 bits per heavy atom. The Hall–Kier alpha value is -2.07. The zero-order valence-corrected chi connectivity index (χ0v) is 15.2. The lowest BCUT2D eigenvalue weighted by Gasteiger charge is -2.45. The predicted molar refractivity (Wildman–Crippen MR) is 93.5 cm³/mol. The summed E-state index contributed by atoms with van der Waals surface area (Å²) in [5.74, 6) is -3.17. The fourth-order valence-electron chi connectivity index (χ4n) is 2.79. The van der Waals surface area contributed by atoms with Crippen LogP contribution in [0.25, 0.3) is 0 Å². The lowest BCUT2D eigenvalue weighted by molar-refractivity contribution is -0.292. The van der Waals surface area contributed by atoms with Crippen molar-refractivity contribution in [2.75, 3.05) is 25.6 Å². The topological polar surface area (TPSA) is 73.8 Å². The molecule has 1 fully saturated rings. The fraction of sp³-hybridized carbons (Fsp3) is 0.500. The molecule has 0 aliphatic carbocycles. The first-order valence-electron chi connectivity index (χ1n) is 7.83. The second-order valence-corrected chi connectivity index (χ2v) is 6.46. The standard InChI is InChI=1S/C16H20F3N3O3S/c1-4-25-13(23)11-12(9-5-7-10(8-6-9)22(2)3)20-14(26)21-15(11,24)16(17,18)19/h5-8,11-12,24H,4H2,1-3H3,(H2,20,21,26)/t11-,12-,15-/m0/s1. The van der Waals surface area contributed by atoms with Crippen molar-refractivity contribution in [2.45, 2.75) is 24.9 Å². The van der Waals surface area contributed by atoms with E-state index in [-0.39, 0.29) is 6.61 Å². The first kappa shape index (κ1) is 20.2. The van der Waals surface area contributed by atoms with Crippen LogP contribution in [0.15, 0.2) is 24.3 Å². The average molecular weight is 391 g/mol. The molecule has 26 heavy (non-hydrogen) atoms. The van der Waals surface area contributed by atoms with Crippen LogP contribution in [-0.4, -0.2) is 48.8 Å². The number of thiocarbonyl (C=S) groups is 1. The van der Waals surface area contributed by atoms with E-state index in [0.29, 0.717) is 5.56 Å². The number of anilines is 1. The van der Waals surface area contributed by atoms with E-state index >= 15 is 0 Å². The van der Waals surface area contributed by atoms with Gasteiger partial charge < -0.3 is 25.4 Å². The van der Waals surface area contributed by atoms with E-state index < -0.39 is 34.9 Å². The minimum atomic E-state index is -5.15. The number of alkyl halides is 3. The molecule has 144 valence electrons. The molecule has 0 aromatic heterocycles. The lowest BCUT2D eigenvalue weighted by Crippen LogP contribution is -2.73. The summed E-state index contributed by atoms with van der Waals surface area (Å²) in [7, 11) is 3.63. The number of aliphatic hydroxyl groups is 1. The Balaban J connectivity index is 2.52. The molecule has 1 aromatic carbocycles. The van der Waals surface area contributed by atoms with Crippen molar-refractivity contribution in [2.24, 2.45) is 5.92 Å². The number of rotatable bonds is 4. The van der Waals surface area contributed by atoms with E-state index in [2.05, 4.69) is 5.32 Å². The van der Waals surface area contributed by atoms with Crippen molar-refractivity contribution >= 4 is 29.0 Å². The average Bonchev–Trinajstić information content (AvgIpc) is 2.53. The highest BCUT2D eigenvalue weighted by atomic mass is 32.1. The molecule has 3 N–H and O–H groups in total. The molecule has 0 spiro atoms. The molecule has 1 saturated heterocycles. The monoisotopic (exact) mass is 391 g/mol. The van der Waals surface area contributed by atoms with E-state index in [1.54, 1.807) is 29.6 Å². The van der Waals surface area contributed by atoms with E-state index in [1.807, 2.05) is 19.0 Å². The summed E-state index contributed by atoms with van der Waals surface area (Å²) in [5, 5.41) is 14.4. The third-order valence-corrected chi connectivity index (χ3v) is 4.34. The molecule has 0 amide bonds. The summed E-state index contributed by atoms with van der Waals surface area (Å²) in [6.45, 7) is 1.35. The first-order valence-corrected chi connectivity index (χ1v) is 8.23. The van der Waals surface area contributed by atoms with E-state index in [0.717, 1.165) is 5.69 Å². The number of nitrogens with zero attached hydrogens (tertiary/aromatic N) is 1. The summed E-state index contributed by atoms with van der Waals surface area (Å²) < 4.78 is 45.6. The van der Waals surface area contributed by atoms with Crippen molar-refractivity contribution in [3.63, 3.8) is 0 Å². The molecule has 0 radical (unpaired) electrons. The molecule has 0 saturated carbocycles. The molecule has 6 nitrogen and oxygen atoms in total. The zero-order chi connectivity index (χ0) is 19.7. The fourth-order valence-corrected chi connectivity index (χ4v) is 3.08. The number of hydrogen-bond donors (Lipinski definition) is 3. The Morgan fingerprint density at radius 1 is 1.35 bits per heavy atom. The summed E-state index contributed by atoms with van der Waals surface area (Å²) in [4.78, 5) is 14.1. The Kier molecular flexibility index (Phi) is 5.67. The van der Waals surface area contributed by atoms with Gasteiger partial charge in [0.15, 0.2) is 5.11 Å². The zero-order valence-electron chi connectivity index (χ0n) is 14.4. The van der Waals surface area contributed by atoms with Gasteiger partial charge in [-0.1, -0.05) is 12.1 Å². The Labute approximate surface area is 154 Å². The van der Waals surface area contributed by atoms with Gasteiger partial charge in [-0.05, 0) is 36.8 Å². The van der Waals surface area contributed by atoms with Crippen molar-refractivity contribution < 1.29 is 27.8 Å². The SMILES string of the molecule is CCOC(=O)[C@@H]1[C@H](c2ccc(N(C)C)cc2)NC(=S)N[C@@]1(O)C(F)(F)F. The van der Waals surface area contributed by atoms with Gasteiger partial charge in [0.2, 0.25) is 0 Å². The predicted octanol–water partition coefficient (Wildman–Crippen LogP) is 1.70. The molecule has 0 bridgehead atoms. The van der Waals surface area contributed by atoms with Gasteiger partial charge >= 0.3 is 12.1 Å². The van der Waals surface area contributed by atoms with Crippen LogP contribution in [0.5, 0.6) is 0 Å². The third-order valence-electron chi connectivity index (χ3n) is 4.12. The maximum Gasteiger partial charge on any atom is 0.437 e. The molecule has 1 aromatic rings. The number of esters is 1. The third kappa shape index (κ3) is 3.70. The molecule has 10 heteroatoms. The number of nitrogens with one attached hydrogen (secondary N) is 2. The lowest BCUT2D eigenvalue weighted by atomic mass is 9.82. The van der Waals surface area contributed by atoms with Crippen LogP contribution in [0.3, 0.4) is 0 Å². The van der Waals surface area contributed by atoms with Gasteiger partial charge in [0, 0.05) is 19.8 Å². The van der Waals surface area contributed by atoms with Crippen LogP contribution >= 0.6 is 12.2 Å². The molecule has 3 atom stereocenters. The number of ether oxygens (including phenoxy) is 1. The van der Waals surface area contributed by atoms with E-state index in [9.17, 15) is 23.1 Å². The highest BCUT2D eigenvalue weighted by molar-refractivity contribution is 7.80. The summed E-state index contributed by atoms with van der Waals surface area (Å²) in [6, 6.07) is 5.31. The van der Waals surface area contributed by atoms with Gasteiger partial charge in [-0.2, -0.15) is 13.2 Å². The maximum atomic E-state index is 13.6. The van der Waals surface area contributed by atoms with Crippen LogP contribution in [-0.2, 0) is 9.53 Å². The van der Waals surface area contributed by atoms with Crippen molar-refractivity contribution in [3.05, 3.63) is 29.8 Å². The van der Waals surface area contributed by atoms with Gasteiger partial charge in [-0.25, -0.2) is 0 Å². The van der Waals surface area contributed by atoms with Gasteiger partial charge in [-0.3, -0.25) is 4.79 Å². The smallest absolute Gasteiger partial charge is 0.437 e. The van der Waals surface area contributed by atoms with E-state index in [4.69, 9.17) is 17.0 Å². The summed E-state index contributed by atoms with van der Waals surface area (Å²) in [6.07, 6.45) is -5.15. The minimum Gasteiger partial charge on any atom is -0.466 e. The van der Waals surface area contributed by atoms with Crippen LogP contribution in [0.1, 0.15) is 18.5 Å². The van der Waals surface area contributed by atoms with E-state index in [1.165, 1.54) is 6.92 Å². The second-order valence-electron chi connectivity index (χ2n) is 6.06. The number of halogens is 3. The molecule has 1 aliphatic heterocycles. The molecular weight excluding hydrogens is 371 g/mol. The molecule has 1 heterocycles. The van der Waals surface area contributed by atoms with Crippen molar-refractivity contribution in [1.29, 1.82) is 0 Å². The van der Waals surface area contributed by atoms with Crippen LogP contribution in [0.4, 0.5) is 18.9 Å². The first-order chi connectivity index (χ1) is 12.0. The van der Waals surface area contributed by atoms with Gasteiger partial charge in [-0.15, -0.1) is 0 Å². The summed E-state index contributed by atoms with van der Waals surface area (Å²) in [5.41, 5.74) is -2.36. The Bertz CT molecular complexity index is 682. The Morgan fingerprint density at radius 2 is 1.92 bits per heavy atom. The molecular formula is C16H20F3N3O3S. The quantitative estimate of drug-likeness (QED) is 0.533. The number of carbonyl (C=O) groups excluding carboxylic acids is 1. The molecule has 1 aliphatic rings. The maximum absolute atomic E-state index is 13.6. The van der Waals surface area contributed by atoms with Crippen LogP contribution in [0, 0.1) is 5.92 Å². The largest absolute Gasteiger partial charge is 0.466 e. The number of hydrogen-bond acceptors (Lipinski definition) is 5. The number of carbonyl (C=O) groups is 1. The minimum absolute atomic E-state index is 0.125. The van der Waals surface area contributed by atoms with Crippen LogP contribution in [0.2, 0.25) is 0 Å².